The van der Waals surface area contributed by atoms with E-state index in [9.17, 15) is 0 Å². The number of hydrogen-bond donors (Lipinski definition) is 1. The van der Waals surface area contributed by atoms with E-state index >= 15 is 0 Å². The molecule has 0 atom stereocenters. The first-order valence-electron chi connectivity index (χ1n) is 2.47. The zero-order valence-electron chi connectivity index (χ0n) is 4.67. The lowest BCUT2D eigenvalue weighted by Crippen LogP contribution is -1.86. The summed E-state index contributed by atoms with van der Waals surface area (Å²) in [4.78, 5) is 0. The van der Waals surface area contributed by atoms with Gasteiger partial charge < -0.3 is 8.80 Å². The zero-order valence-corrected chi connectivity index (χ0v) is 6.83. The Labute approximate surface area is 67.7 Å². The van der Waals surface area contributed by atoms with Gasteiger partial charge in [-0.3, -0.25) is 0 Å². The summed E-state index contributed by atoms with van der Waals surface area (Å²) in [6, 6.07) is 7.37. The first-order chi connectivity index (χ1) is 4.34. The van der Waals surface area contributed by atoms with Crippen molar-refractivity contribution < 1.29 is 3.07 Å². The Kier molecular flexibility index (Phi) is 2.16. The molecule has 0 spiro atoms. The lowest BCUT2D eigenvalue weighted by atomic mass is 10.3. The van der Waals surface area contributed by atoms with Gasteiger partial charge in [-0.15, -0.1) is 0 Å². The van der Waals surface area contributed by atoms with Gasteiger partial charge in [-0.2, -0.15) is 0 Å². The highest BCUT2D eigenvalue weighted by atomic mass is 127. The normalized spacial score (nSPS) is 9.00. The molecule has 0 radical (unpaired) electrons. The van der Waals surface area contributed by atoms with Crippen molar-refractivity contribution in [3.63, 3.8) is 0 Å². The molecule has 0 amide bonds. The van der Waals surface area contributed by atoms with E-state index in [1.807, 2.05) is 18.2 Å². The van der Waals surface area contributed by atoms with E-state index in [0.717, 1.165) is 5.75 Å². The van der Waals surface area contributed by atoms with Crippen LogP contribution in [0.25, 0.3) is 0 Å². The lowest BCUT2D eigenvalue weighted by Gasteiger charge is -1.98. The van der Waals surface area contributed by atoms with Gasteiger partial charge in [0.2, 0.25) is 0 Å². The van der Waals surface area contributed by atoms with Crippen LogP contribution < -0.4 is 8.80 Å². The zero-order chi connectivity index (χ0) is 6.69. The van der Waals surface area contributed by atoms with Crippen molar-refractivity contribution in [1.82, 2.24) is 0 Å². The molecule has 9 heavy (non-hydrogen) atoms. The topological polar surface area (TPSA) is 35.2 Å². The third-order valence-electron chi connectivity index (χ3n) is 1.00. The van der Waals surface area contributed by atoms with Crippen LogP contribution in [-0.2, 0) is 0 Å². The molecule has 0 aliphatic carbocycles. The second kappa shape index (κ2) is 2.91. The third-order valence-corrected chi connectivity index (χ3v) is 1.48. The Morgan fingerprint density at radius 1 is 1.33 bits per heavy atom. The average molecular weight is 235 g/mol. The summed E-state index contributed by atoms with van der Waals surface area (Å²) in [7, 11) is 0. The molecule has 0 bridgehead atoms. The highest BCUT2D eigenvalue weighted by Gasteiger charge is 1.93. The molecule has 0 aliphatic heterocycles. The van der Waals surface area contributed by atoms with Crippen LogP contribution in [0.3, 0.4) is 0 Å². The quantitative estimate of drug-likeness (QED) is 0.596. The minimum absolute atomic E-state index is 0.673. The molecule has 1 aromatic carbocycles. The third kappa shape index (κ3) is 1.48. The SMILES string of the molecule is Nc1ccccc1OI. The smallest absolute Gasteiger partial charge is 0.192 e. The summed E-state index contributed by atoms with van der Waals surface area (Å²) >= 11 is 1.80. The molecule has 1 aromatic rings. The van der Waals surface area contributed by atoms with E-state index in [0.29, 0.717) is 5.69 Å². The Bertz CT molecular complexity index is 202. The monoisotopic (exact) mass is 235 g/mol. The molecule has 1 rings (SSSR count). The van der Waals surface area contributed by atoms with E-state index in [-0.39, 0.29) is 0 Å². The molecule has 0 saturated carbocycles. The van der Waals surface area contributed by atoms with Gasteiger partial charge in [-0.05, 0) is 12.1 Å². The summed E-state index contributed by atoms with van der Waals surface area (Å²) in [5.74, 6) is 0.720. The van der Waals surface area contributed by atoms with Crippen molar-refractivity contribution in [1.29, 1.82) is 0 Å². The standard InChI is InChI=1S/C6H6INO/c7-9-6-4-2-1-3-5(6)8/h1-4H,8H2. The largest absolute Gasteiger partial charge is 0.425 e. The molecule has 0 fully saturated rings. The molecule has 3 heteroatoms. The number of halogens is 1. The molecule has 0 unspecified atom stereocenters. The maximum Gasteiger partial charge on any atom is 0.192 e. The van der Waals surface area contributed by atoms with E-state index < -0.39 is 0 Å². The molecular weight excluding hydrogens is 229 g/mol. The molecular formula is C6H6INO. The van der Waals surface area contributed by atoms with Gasteiger partial charge >= 0.3 is 0 Å². The number of para-hydroxylation sites is 2. The van der Waals surface area contributed by atoms with Crippen molar-refractivity contribution in [2.24, 2.45) is 0 Å². The van der Waals surface area contributed by atoms with Gasteiger partial charge in [-0.1, -0.05) is 12.1 Å². The maximum atomic E-state index is 5.50. The fourth-order valence-electron chi connectivity index (χ4n) is 0.551. The highest BCUT2D eigenvalue weighted by molar-refractivity contribution is 14.1. The van der Waals surface area contributed by atoms with Gasteiger partial charge in [0.25, 0.3) is 0 Å². The highest BCUT2D eigenvalue weighted by Crippen LogP contribution is 2.21. The van der Waals surface area contributed by atoms with Crippen LogP contribution in [0.4, 0.5) is 5.69 Å². The predicted octanol–water partition coefficient (Wildman–Crippen LogP) is 2.00. The van der Waals surface area contributed by atoms with Crippen LogP contribution in [0.1, 0.15) is 0 Å². The summed E-state index contributed by atoms with van der Waals surface area (Å²) < 4.78 is 4.89. The molecule has 2 N–H and O–H groups in total. The van der Waals surface area contributed by atoms with Crippen LogP contribution in [-0.4, -0.2) is 0 Å². The molecule has 0 aliphatic rings. The number of rotatable bonds is 1. The summed E-state index contributed by atoms with van der Waals surface area (Å²) in [5, 5.41) is 0. The van der Waals surface area contributed by atoms with Crippen molar-refractivity contribution >= 4 is 28.7 Å². The van der Waals surface area contributed by atoms with Gasteiger partial charge in [-0.25, -0.2) is 0 Å². The van der Waals surface area contributed by atoms with Crippen molar-refractivity contribution in [3.8, 4) is 5.75 Å². The van der Waals surface area contributed by atoms with Gasteiger partial charge in [0, 0.05) is 0 Å². The number of nitrogen functional groups attached to an aromatic ring is 1. The second-order valence-electron chi connectivity index (χ2n) is 1.61. The van der Waals surface area contributed by atoms with Crippen LogP contribution in [0.2, 0.25) is 0 Å². The van der Waals surface area contributed by atoms with Crippen molar-refractivity contribution in [3.05, 3.63) is 24.3 Å². The van der Waals surface area contributed by atoms with Crippen molar-refractivity contribution in [2.45, 2.75) is 0 Å². The fraction of sp³-hybridized carbons (Fsp3) is 0. The van der Waals surface area contributed by atoms with Crippen LogP contribution >= 0.6 is 23.0 Å². The maximum absolute atomic E-state index is 5.50. The molecule has 0 aromatic heterocycles. The van der Waals surface area contributed by atoms with Crippen LogP contribution in [0, 0.1) is 0 Å². The molecule has 2 nitrogen and oxygen atoms in total. The summed E-state index contributed by atoms with van der Waals surface area (Å²) in [5.41, 5.74) is 6.17. The summed E-state index contributed by atoms with van der Waals surface area (Å²) in [6.07, 6.45) is 0. The molecule has 0 saturated heterocycles. The summed E-state index contributed by atoms with van der Waals surface area (Å²) in [6.45, 7) is 0. The number of hydrogen-bond acceptors (Lipinski definition) is 2. The van der Waals surface area contributed by atoms with Crippen LogP contribution in [0.5, 0.6) is 5.75 Å². The van der Waals surface area contributed by atoms with Crippen LogP contribution in [0.15, 0.2) is 24.3 Å². The minimum Gasteiger partial charge on any atom is -0.425 e. The van der Waals surface area contributed by atoms with E-state index in [1.165, 1.54) is 0 Å². The van der Waals surface area contributed by atoms with E-state index in [4.69, 9.17) is 8.80 Å². The Morgan fingerprint density at radius 2 is 2.00 bits per heavy atom. The Hall–Kier alpha value is -0.450. The minimum atomic E-state index is 0.673. The van der Waals surface area contributed by atoms with Gasteiger partial charge in [0.15, 0.2) is 28.8 Å². The average Bonchev–Trinajstić information content (AvgIpc) is 1.89. The number of benzene rings is 1. The van der Waals surface area contributed by atoms with E-state index in [2.05, 4.69) is 0 Å². The van der Waals surface area contributed by atoms with Gasteiger partial charge in [0.1, 0.15) is 0 Å². The predicted molar refractivity (Wildman–Crippen MR) is 45.5 cm³/mol. The van der Waals surface area contributed by atoms with Gasteiger partial charge in [0.05, 0.1) is 5.69 Å². The van der Waals surface area contributed by atoms with Crippen molar-refractivity contribution in [2.75, 3.05) is 5.73 Å². The molecule has 0 heterocycles. The first kappa shape index (κ1) is 6.67. The first-order valence-corrected chi connectivity index (χ1v) is 3.36. The Morgan fingerprint density at radius 3 is 2.44 bits per heavy atom. The molecule has 48 valence electrons. The Balaban J connectivity index is 3.01. The number of anilines is 1. The van der Waals surface area contributed by atoms with E-state index in [1.54, 1.807) is 29.1 Å². The number of nitrogens with two attached hydrogens (primary N) is 1. The second-order valence-corrected chi connectivity index (χ2v) is 2.06. The fourth-order valence-corrected chi connectivity index (χ4v) is 0.952. The lowest BCUT2D eigenvalue weighted by molar-refractivity contribution is 0.720.